The van der Waals surface area contributed by atoms with Gasteiger partial charge in [0.05, 0.1) is 9.73 Å². The summed E-state index contributed by atoms with van der Waals surface area (Å²) in [6.07, 6.45) is 3.39. The molecule has 0 aliphatic carbocycles. The molecule has 0 atom stereocenters. The second-order valence-electron chi connectivity index (χ2n) is 10.2. The van der Waals surface area contributed by atoms with Crippen LogP contribution >= 0.6 is 0 Å². The highest BCUT2D eigenvalue weighted by molar-refractivity contribution is 7.93. The lowest BCUT2D eigenvalue weighted by Gasteiger charge is -2.29. The number of rotatable bonds is 6. The highest BCUT2D eigenvalue weighted by atomic mass is 32.2. The summed E-state index contributed by atoms with van der Waals surface area (Å²) in [5, 5.41) is 7.04. The summed E-state index contributed by atoms with van der Waals surface area (Å²) in [5.74, 6) is 2.46. The van der Waals surface area contributed by atoms with Gasteiger partial charge in [-0.25, -0.2) is 23.5 Å². The third-order valence-corrected chi connectivity index (χ3v) is 9.46. The highest BCUT2D eigenvalue weighted by Crippen LogP contribution is 2.24. The van der Waals surface area contributed by atoms with Gasteiger partial charge in [-0.15, -0.1) is 0 Å². The molecule has 0 amide bonds. The molecule has 0 radical (unpaired) electrons. The number of fused-ring (bicyclic) bond motifs is 1. The minimum absolute atomic E-state index is 0.158. The second-order valence-corrected chi connectivity index (χ2v) is 12.8. The molecule has 0 spiro atoms. The summed E-state index contributed by atoms with van der Waals surface area (Å²) < 4.78 is 20.9. The molecule has 5 heterocycles. The number of aromatic nitrogens is 5. The van der Waals surface area contributed by atoms with Gasteiger partial charge in [0, 0.05) is 61.3 Å². The van der Waals surface area contributed by atoms with Gasteiger partial charge in [-0.1, -0.05) is 6.07 Å². The fourth-order valence-electron chi connectivity index (χ4n) is 5.15. The number of piperazine rings is 1. The van der Waals surface area contributed by atoms with E-state index in [4.69, 9.17) is 9.97 Å². The van der Waals surface area contributed by atoms with Gasteiger partial charge in [-0.3, -0.25) is 4.79 Å². The van der Waals surface area contributed by atoms with Gasteiger partial charge in [0.15, 0.2) is 17.3 Å². The van der Waals surface area contributed by atoms with Crippen molar-refractivity contribution in [1.29, 1.82) is 0 Å². The maximum Gasteiger partial charge on any atom is 0.278 e. The SMILES string of the molecule is CC(C)n1c(=O)c2cnc(Nc3ccc(N4CCNCC4)cc3)nc2n1-c1cccc(N=S2(=O)CCCC2)n1. The molecule has 0 saturated carbocycles. The minimum Gasteiger partial charge on any atom is -0.369 e. The standard InChI is InChI=1S/C27H33N9O2S/c1-19(2)35-26(37)22-18-29-27(30-20-8-10-21(11-9-20)34-14-12-28-13-15-34)32-25(22)36(35)24-7-5-6-23(31-24)33-39(38)16-3-4-17-39/h5-11,18-19,28H,3-4,12-17H2,1-2H3,(H,29,30,32). The van der Waals surface area contributed by atoms with Crippen LogP contribution in [0.1, 0.15) is 32.7 Å². The minimum atomic E-state index is -2.28. The molecule has 11 nitrogen and oxygen atoms in total. The van der Waals surface area contributed by atoms with Crippen molar-refractivity contribution in [2.75, 3.05) is 47.9 Å². The molecule has 2 aliphatic rings. The Balaban J connectivity index is 1.37. The van der Waals surface area contributed by atoms with E-state index in [1.807, 2.05) is 38.1 Å². The predicted octanol–water partition coefficient (Wildman–Crippen LogP) is 3.60. The van der Waals surface area contributed by atoms with Crippen molar-refractivity contribution >= 4 is 43.9 Å². The first-order valence-electron chi connectivity index (χ1n) is 13.4. The molecule has 39 heavy (non-hydrogen) atoms. The van der Waals surface area contributed by atoms with Gasteiger partial charge in [0.1, 0.15) is 5.39 Å². The van der Waals surface area contributed by atoms with Crippen LogP contribution in [0.25, 0.3) is 16.9 Å². The fourth-order valence-corrected chi connectivity index (χ4v) is 7.29. The zero-order valence-electron chi connectivity index (χ0n) is 22.2. The average Bonchev–Trinajstić information content (AvgIpc) is 3.50. The Kier molecular flexibility index (Phi) is 6.81. The molecule has 3 aromatic heterocycles. The van der Waals surface area contributed by atoms with Crippen LogP contribution in [0.15, 0.2) is 57.8 Å². The molecule has 2 N–H and O–H groups in total. The zero-order valence-corrected chi connectivity index (χ0v) is 23.0. The van der Waals surface area contributed by atoms with Crippen LogP contribution in [0.4, 0.5) is 23.1 Å². The number of anilines is 3. The Morgan fingerprint density at radius 1 is 1.03 bits per heavy atom. The maximum absolute atomic E-state index is 13.4. The Morgan fingerprint density at radius 3 is 2.49 bits per heavy atom. The third-order valence-electron chi connectivity index (χ3n) is 7.09. The van der Waals surface area contributed by atoms with E-state index in [2.05, 4.69) is 37.0 Å². The van der Waals surface area contributed by atoms with E-state index < -0.39 is 9.73 Å². The van der Waals surface area contributed by atoms with Gasteiger partial charge in [0.2, 0.25) is 5.95 Å². The van der Waals surface area contributed by atoms with Gasteiger partial charge >= 0.3 is 0 Å². The van der Waals surface area contributed by atoms with E-state index in [0.717, 1.165) is 44.7 Å². The lowest BCUT2D eigenvalue weighted by molar-refractivity contribution is 0.472. The monoisotopic (exact) mass is 547 g/mol. The van der Waals surface area contributed by atoms with Crippen LogP contribution in [-0.2, 0) is 9.73 Å². The first-order chi connectivity index (χ1) is 18.9. The molecule has 2 aliphatic heterocycles. The topological polar surface area (TPSA) is 122 Å². The summed E-state index contributed by atoms with van der Waals surface area (Å²) in [5.41, 5.74) is 2.28. The van der Waals surface area contributed by atoms with Crippen LogP contribution in [0, 0.1) is 0 Å². The molecule has 2 saturated heterocycles. The van der Waals surface area contributed by atoms with Crippen LogP contribution in [0.2, 0.25) is 0 Å². The first kappa shape index (κ1) is 25.5. The number of benzene rings is 1. The van der Waals surface area contributed by atoms with Gasteiger partial charge in [-0.2, -0.15) is 9.35 Å². The summed E-state index contributed by atoms with van der Waals surface area (Å²) in [7, 11) is -2.28. The molecule has 0 bridgehead atoms. The summed E-state index contributed by atoms with van der Waals surface area (Å²) in [6.45, 7) is 7.81. The molecule has 0 unspecified atom stereocenters. The quantitative estimate of drug-likeness (QED) is 0.376. The van der Waals surface area contributed by atoms with Crippen LogP contribution in [-0.4, -0.2) is 66.2 Å². The molecular weight excluding hydrogens is 514 g/mol. The first-order valence-corrected chi connectivity index (χ1v) is 15.3. The van der Waals surface area contributed by atoms with Crippen LogP contribution < -0.4 is 21.1 Å². The number of nitrogens with one attached hydrogen (secondary N) is 2. The third kappa shape index (κ3) is 5.13. The lowest BCUT2D eigenvalue weighted by Crippen LogP contribution is -2.43. The lowest BCUT2D eigenvalue weighted by atomic mass is 10.2. The van der Waals surface area contributed by atoms with Gasteiger partial charge in [0.25, 0.3) is 5.56 Å². The maximum atomic E-state index is 13.4. The van der Waals surface area contributed by atoms with Crippen molar-refractivity contribution in [1.82, 2.24) is 29.6 Å². The van der Waals surface area contributed by atoms with E-state index in [1.165, 1.54) is 5.69 Å². The highest BCUT2D eigenvalue weighted by Gasteiger charge is 2.21. The van der Waals surface area contributed by atoms with E-state index in [1.54, 1.807) is 21.6 Å². The van der Waals surface area contributed by atoms with E-state index in [0.29, 0.717) is 40.1 Å². The van der Waals surface area contributed by atoms with Gasteiger partial charge in [-0.05, 0) is 63.1 Å². The molecule has 4 aromatic rings. The Hall–Kier alpha value is -3.77. The molecule has 12 heteroatoms. The van der Waals surface area contributed by atoms with Crippen molar-refractivity contribution in [3.05, 3.63) is 59.0 Å². The Bertz CT molecular complexity index is 1670. The molecule has 2 fully saturated rings. The summed E-state index contributed by atoms with van der Waals surface area (Å²) >= 11 is 0. The van der Waals surface area contributed by atoms with Crippen molar-refractivity contribution < 1.29 is 4.21 Å². The zero-order chi connectivity index (χ0) is 27.0. The molecular formula is C27H33N9O2S. The van der Waals surface area contributed by atoms with Crippen molar-refractivity contribution in [3.8, 4) is 5.82 Å². The number of nitrogens with zero attached hydrogens (tertiary/aromatic N) is 7. The molecule has 204 valence electrons. The van der Waals surface area contributed by atoms with Crippen molar-refractivity contribution in [2.45, 2.75) is 32.7 Å². The summed E-state index contributed by atoms with van der Waals surface area (Å²) in [6, 6.07) is 13.4. The van der Waals surface area contributed by atoms with Crippen molar-refractivity contribution in [3.63, 3.8) is 0 Å². The number of hydrogen-bond donors (Lipinski definition) is 2. The van der Waals surface area contributed by atoms with Crippen molar-refractivity contribution in [2.24, 2.45) is 4.36 Å². The normalized spacial score (nSPS) is 17.2. The fraction of sp³-hybridized carbons (Fsp3) is 0.407. The average molecular weight is 548 g/mol. The van der Waals surface area contributed by atoms with E-state index in [9.17, 15) is 9.00 Å². The van der Waals surface area contributed by atoms with Crippen LogP contribution in [0.5, 0.6) is 0 Å². The Morgan fingerprint density at radius 2 is 1.77 bits per heavy atom. The van der Waals surface area contributed by atoms with E-state index in [-0.39, 0.29) is 11.6 Å². The molecule has 6 rings (SSSR count). The largest absolute Gasteiger partial charge is 0.369 e. The van der Waals surface area contributed by atoms with Gasteiger partial charge < -0.3 is 15.5 Å². The van der Waals surface area contributed by atoms with E-state index >= 15 is 0 Å². The summed E-state index contributed by atoms with van der Waals surface area (Å²) in [4.78, 5) is 29.6. The Labute approximate surface area is 227 Å². The number of pyridine rings is 1. The number of hydrogen-bond acceptors (Lipinski definition) is 9. The smallest absolute Gasteiger partial charge is 0.278 e. The molecule has 1 aromatic carbocycles. The predicted molar refractivity (Wildman–Crippen MR) is 155 cm³/mol. The van der Waals surface area contributed by atoms with Crippen LogP contribution in [0.3, 0.4) is 0 Å². The second kappa shape index (κ2) is 10.4.